The lowest BCUT2D eigenvalue weighted by atomic mass is 10.0. The quantitative estimate of drug-likeness (QED) is 0.605. The van der Waals surface area contributed by atoms with Gasteiger partial charge in [0, 0.05) is 23.9 Å². The maximum Gasteiger partial charge on any atom is 0.278 e. The Morgan fingerprint density at radius 2 is 2.10 bits per heavy atom. The Morgan fingerprint density at radius 1 is 1.45 bits per heavy atom. The van der Waals surface area contributed by atoms with Crippen molar-refractivity contribution in [2.24, 2.45) is 0 Å². The fraction of sp³-hybridized carbons (Fsp3) is 0.571. The molecule has 1 heterocycles. The zero-order valence-corrected chi connectivity index (χ0v) is 12.7. The van der Waals surface area contributed by atoms with E-state index in [0.29, 0.717) is 17.6 Å². The van der Waals surface area contributed by atoms with Gasteiger partial charge in [-0.1, -0.05) is 11.6 Å². The van der Waals surface area contributed by atoms with Gasteiger partial charge in [0.05, 0.1) is 43.7 Å². The molecule has 1 unspecified atom stereocenters. The van der Waals surface area contributed by atoms with Crippen LogP contribution < -0.4 is 9.80 Å². The summed E-state index contributed by atoms with van der Waals surface area (Å²) in [5, 5.41) is 11.6. The predicted molar refractivity (Wildman–Crippen MR) is 78.3 cm³/mol. The number of quaternary nitrogens is 2. The fourth-order valence-corrected chi connectivity index (χ4v) is 3.12. The molecule has 2 rings (SSSR count). The van der Waals surface area contributed by atoms with Gasteiger partial charge in [-0.15, -0.1) is 0 Å². The SMILES string of the molecule is C[NH+]1CCC([NH+](C)Cc2cc(Cl)ccc2[N+](=O)[O-])CC1. The summed E-state index contributed by atoms with van der Waals surface area (Å²) in [6, 6.07) is 5.39. The Labute approximate surface area is 124 Å². The highest BCUT2D eigenvalue weighted by Gasteiger charge is 2.27. The van der Waals surface area contributed by atoms with Crippen molar-refractivity contribution in [1.29, 1.82) is 0 Å². The van der Waals surface area contributed by atoms with E-state index in [4.69, 9.17) is 11.6 Å². The average Bonchev–Trinajstić information content (AvgIpc) is 2.39. The van der Waals surface area contributed by atoms with Crippen molar-refractivity contribution >= 4 is 17.3 Å². The number of nitrogens with zero attached hydrogens (tertiary/aromatic N) is 1. The maximum absolute atomic E-state index is 11.1. The molecule has 1 fully saturated rings. The standard InChI is InChI=1S/C14H20ClN3O2/c1-16-7-5-13(6-8-16)17(2)10-11-9-12(15)3-4-14(11)18(19)20/h3-4,9,13H,5-8,10H2,1-2H3/p+2. The second-order valence-electron chi connectivity index (χ2n) is 5.78. The van der Waals surface area contributed by atoms with Gasteiger partial charge in [-0.2, -0.15) is 0 Å². The van der Waals surface area contributed by atoms with Gasteiger partial charge in [0.2, 0.25) is 0 Å². The van der Waals surface area contributed by atoms with Crippen LogP contribution in [0.4, 0.5) is 5.69 Å². The molecule has 0 aliphatic carbocycles. The van der Waals surface area contributed by atoms with Crippen molar-refractivity contribution < 1.29 is 14.7 Å². The molecule has 5 nitrogen and oxygen atoms in total. The molecule has 20 heavy (non-hydrogen) atoms. The predicted octanol–water partition coefficient (Wildman–Crippen LogP) is -0.0600. The lowest BCUT2D eigenvalue weighted by Gasteiger charge is -2.30. The van der Waals surface area contributed by atoms with Crippen LogP contribution >= 0.6 is 11.6 Å². The van der Waals surface area contributed by atoms with E-state index in [9.17, 15) is 10.1 Å². The van der Waals surface area contributed by atoms with Crippen LogP contribution in [0.5, 0.6) is 0 Å². The first-order valence-electron chi connectivity index (χ1n) is 7.04. The number of benzene rings is 1. The van der Waals surface area contributed by atoms with E-state index in [-0.39, 0.29) is 10.6 Å². The molecule has 0 aromatic heterocycles. The van der Waals surface area contributed by atoms with Crippen molar-refractivity contribution in [2.45, 2.75) is 25.4 Å². The van der Waals surface area contributed by atoms with Gasteiger partial charge in [-0.25, -0.2) is 0 Å². The van der Waals surface area contributed by atoms with E-state index in [1.54, 1.807) is 17.0 Å². The minimum absolute atomic E-state index is 0.173. The highest BCUT2D eigenvalue weighted by Crippen LogP contribution is 2.22. The molecule has 1 aliphatic heterocycles. The van der Waals surface area contributed by atoms with Crippen LogP contribution in [0.1, 0.15) is 18.4 Å². The van der Waals surface area contributed by atoms with E-state index < -0.39 is 0 Å². The van der Waals surface area contributed by atoms with Crippen LogP contribution in [-0.4, -0.2) is 38.2 Å². The number of nitro benzene ring substituents is 1. The number of halogens is 1. The average molecular weight is 300 g/mol. The van der Waals surface area contributed by atoms with Crippen molar-refractivity contribution in [3.05, 3.63) is 38.9 Å². The molecule has 0 amide bonds. The second-order valence-corrected chi connectivity index (χ2v) is 6.22. The van der Waals surface area contributed by atoms with Crippen LogP contribution in [0.2, 0.25) is 5.02 Å². The Morgan fingerprint density at radius 3 is 2.70 bits per heavy atom. The molecule has 2 N–H and O–H groups in total. The third kappa shape index (κ3) is 3.69. The first kappa shape index (κ1) is 15.2. The van der Waals surface area contributed by atoms with Crippen molar-refractivity contribution in [1.82, 2.24) is 0 Å². The summed E-state index contributed by atoms with van der Waals surface area (Å²) >= 11 is 5.97. The molecule has 1 aromatic rings. The monoisotopic (exact) mass is 299 g/mol. The summed E-state index contributed by atoms with van der Waals surface area (Å²) in [7, 11) is 4.34. The normalized spacial score (nSPS) is 24.4. The molecular weight excluding hydrogens is 278 g/mol. The van der Waals surface area contributed by atoms with Crippen molar-refractivity contribution in [2.75, 3.05) is 27.2 Å². The van der Waals surface area contributed by atoms with E-state index in [1.807, 2.05) is 0 Å². The molecular formula is C14H22ClN3O2+2. The molecule has 0 saturated carbocycles. The molecule has 0 radical (unpaired) electrons. The lowest BCUT2D eigenvalue weighted by molar-refractivity contribution is -0.948. The van der Waals surface area contributed by atoms with Gasteiger partial charge >= 0.3 is 0 Å². The molecule has 1 aliphatic rings. The number of hydrogen-bond acceptors (Lipinski definition) is 2. The third-order valence-corrected chi connectivity index (χ3v) is 4.48. The number of likely N-dealkylation sites (tertiary alicyclic amines) is 1. The third-order valence-electron chi connectivity index (χ3n) is 4.24. The first-order chi connectivity index (χ1) is 9.47. The van der Waals surface area contributed by atoms with Crippen molar-refractivity contribution in [3.8, 4) is 0 Å². The van der Waals surface area contributed by atoms with E-state index >= 15 is 0 Å². The summed E-state index contributed by atoms with van der Waals surface area (Å²) < 4.78 is 0. The van der Waals surface area contributed by atoms with E-state index in [0.717, 1.165) is 5.56 Å². The van der Waals surface area contributed by atoms with Gasteiger partial charge < -0.3 is 9.80 Å². The zero-order valence-electron chi connectivity index (χ0n) is 12.0. The topological polar surface area (TPSA) is 52.0 Å². The first-order valence-corrected chi connectivity index (χ1v) is 7.41. The minimum Gasteiger partial charge on any atom is -0.337 e. The van der Waals surface area contributed by atoms with Crippen molar-refractivity contribution in [3.63, 3.8) is 0 Å². The molecule has 110 valence electrons. The number of nitrogens with one attached hydrogen (secondary N) is 2. The van der Waals surface area contributed by atoms with Gasteiger partial charge in [0.1, 0.15) is 6.54 Å². The number of hydrogen-bond donors (Lipinski definition) is 2. The van der Waals surface area contributed by atoms with E-state index in [2.05, 4.69) is 14.1 Å². The van der Waals surface area contributed by atoms with Gasteiger partial charge in [-0.05, 0) is 12.1 Å². The Hall–Kier alpha value is -1.17. The Balaban J connectivity index is 2.09. The Kier molecular flexibility index (Phi) is 4.96. The minimum atomic E-state index is -0.322. The van der Waals surface area contributed by atoms with Crippen LogP contribution in [0.15, 0.2) is 18.2 Å². The van der Waals surface area contributed by atoms with Crippen LogP contribution in [-0.2, 0) is 6.54 Å². The van der Waals surface area contributed by atoms with Gasteiger partial charge in [0.25, 0.3) is 5.69 Å². The highest BCUT2D eigenvalue weighted by molar-refractivity contribution is 6.30. The molecule has 0 bridgehead atoms. The summed E-state index contributed by atoms with van der Waals surface area (Å²) in [6.07, 6.45) is 2.35. The van der Waals surface area contributed by atoms with Crippen LogP contribution in [0, 0.1) is 10.1 Å². The maximum atomic E-state index is 11.1. The summed E-state index contributed by atoms with van der Waals surface area (Å²) in [4.78, 5) is 13.7. The fourth-order valence-electron chi connectivity index (χ4n) is 2.92. The van der Waals surface area contributed by atoms with Crippen LogP contribution in [0.3, 0.4) is 0 Å². The summed E-state index contributed by atoms with van der Waals surface area (Å²) in [5.74, 6) is 0. The lowest BCUT2D eigenvalue weighted by Crippen LogP contribution is -3.17. The summed E-state index contributed by atoms with van der Waals surface area (Å²) in [6.45, 7) is 3.01. The highest BCUT2D eigenvalue weighted by atomic mass is 35.5. The number of nitro groups is 1. The molecule has 6 heteroatoms. The number of piperidine rings is 1. The smallest absolute Gasteiger partial charge is 0.278 e. The largest absolute Gasteiger partial charge is 0.337 e. The van der Waals surface area contributed by atoms with Crippen LogP contribution in [0.25, 0.3) is 0 Å². The molecule has 0 spiro atoms. The summed E-state index contributed by atoms with van der Waals surface area (Å²) in [5.41, 5.74) is 0.901. The molecule has 1 atom stereocenters. The second kappa shape index (κ2) is 6.52. The van der Waals surface area contributed by atoms with E-state index in [1.165, 1.54) is 36.9 Å². The zero-order chi connectivity index (χ0) is 14.7. The molecule has 1 aromatic carbocycles. The van der Waals surface area contributed by atoms with Gasteiger partial charge in [0.15, 0.2) is 0 Å². The Bertz CT molecular complexity index is 487. The van der Waals surface area contributed by atoms with Gasteiger partial charge in [-0.3, -0.25) is 10.1 Å². The molecule has 1 saturated heterocycles. The number of rotatable bonds is 4.